The number of likely N-dealkylation sites (tertiary alicyclic amines) is 1. The summed E-state index contributed by atoms with van der Waals surface area (Å²) in [5.74, 6) is 0.772. The second-order valence-corrected chi connectivity index (χ2v) is 17.2. The van der Waals surface area contributed by atoms with E-state index in [1.54, 1.807) is 17.3 Å². The highest BCUT2D eigenvalue weighted by Crippen LogP contribution is 2.55. The molecule has 0 aliphatic carbocycles. The summed E-state index contributed by atoms with van der Waals surface area (Å²) in [7, 11) is 0.594. The Kier molecular flexibility index (Phi) is 17.1. The molecule has 1 aliphatic rings. The number of carbonyl (C=O) groups is 1. The number of nitrogens with one attached hydrogen (secondary N) is 1. The molecular weight excluding hydrogens is 643 g/mol. The average molecular weight is 704 g/mol. The quantitative estimate of drug-likeness (QED) is 0.117. The molecule has 274 valence electrons. The molecule has 0 spiro atoms. The van der Waals surface area contributed by atoms with Crippen LogP contribution >= 0.6 is 10.3 Å². The molecule has 1 aliphatic heterocycles. The van der Waals surface area contributed by atoms with Crippen LogP contribution in [0.2, 0.25) is 0 Å². The fraction of sp³-hybridized carbons (Fsp3) is 0.405. The van der Waals surface area contributed by atoms with Crippen LogP contribution in [0, 0.1) is 0 Å². The van der Waals surface area contributed by atoms with Gasteiger partial charge in [-0.3, -0.25) is 14.7 Å². The lowest BCUT2D eigenvalue weighted by Crippen LogP contribution is -2.48. The molecular formula is C42H61N3O4S. The third-order valence-electron chi connectivity index (χ3n) is 8.75. The normalized spacial score (nSPS) is 15.4. The average Bonchev–Trinajstić information content (AvgIpc) is 3.75. The van der Waals surface area contributed by atoms with Crippen molar-refractivity contribution in [2.45, 2.75) is 71.5 Å². The molecule has 1 unspecified atom stereocenters. The minimum atomic E-state index is -1.23. The number of allylic oxidation sites excluding steroid dienone is 1. The standard InChI is InChI=1S/C36H47N3O4S.C3H6.C2H4.CH4/c1-36(2,3)44(5,6)43-31-18-20-38(24-31)25-33(29-15-10-16-30(22-29)42-26-27-12-8-7-9-13-27)39(37-4)35(40)23-28-14-11-17-34-32(28)19-21-41-34;1-3-2;1-2;/h7-17,19,21-22,31,33,37H,18,20,23-26H2,1-6H3;3H,1H2,2H3;1-2H2;1H4/t31?,33-;;;/m1.../s1. The smallest absolute Gasteiger partial charge is 0.241 e. The van der Waals surface area contributed by atoms with Crippen LogP contribution in [0.1, 0.15) is 64.3 Å². The van der Waals surface area contributed by atoms with E-state index in [4.69, 9.17) is 13.3 Å². The predicted molar refractivity (Wildman–Crippen MR) is 215 cm³/mol. The summed E-state index contributed by atoms with van der Waals surface area (Å²) in [6.07, 6.45) is 9.37. The van der Waals surface area contributed by atoms with Crippen LogP contribution in [0.5, 0.6) is 5.75 Å². The van der Waals surface area contributed by atoms with Gasteiger partial charge in [-0.05, 0) is 66.8 Å². The Morgan fingerprint density at radius 3 is 2.42 bits per heavy atom. The van der Waals surface area contributed by atoms with Gasteiger partial charge in [0.1, 0.15) is 17.9 Å². The van der Waals surface area contributed by atoms with E-state index in [1.165, 1.54) is 0 Å². The molecule has 1 fully saturated rings. The van der Waals surface area contributed by atoms with Gasteiger partial charge in [-0.2, -0.15) is 0 Å². The topological polar surface area (TPSA) is 67.2 Å². The first-order chi connectivity index (χ1) is 23.5. The number of hydrogen-bond donors (Lipinski definition) is 1. The Bertz CT molecular complexity index is 1600. The number of ether oxygens (including phenoxy) is 1. The lowest BCUT2D eigenvalue weighted by atomic mass is 10.0. The van der Waals surface area contributed by atoms with E-state index in [-0.39, 0.29) is 36.6 Å². The van der Waals surface area contributed by atoms with Gasteiger partial charge in [-0.1, -0.05) is 88.9 Å². The summed E-state index contributed by atoms with van der Waals surface area (Å²) < 4.78 is 18.6. The molecule has 1 amide bonds. The van der Waals surface area contributed by atoms with E-state index < -0.39 is 10.3 Å². The van der Waals surface area contributed by atoms with Crippen molar-refractivity contribution >= 4 is 27.2 Å². The van der Waals surface area contributed by atoms with E-state index >= 15 is 0 Å². The van der Waals surface area contributed by atoms with E-state index in [9.17, 15) is 4.79 Å². The van der Waals surface area contributed by atoms with Crippen molar-refractivity contribution in [3.8, 4) is 5.75 Å². The van der Waals surface area contributed by atoms with Crippen molar-refractivity contribution in [2.24, 2.45) is 0 Å². The maximum absolute atomic E-state index is 14.0. The summed E-state index contributed by atoms with van der Waals surface area (Å²) in [4.78, 5) is 16.4. The summed E-state index contributed by atoms with van der Waals surface area (Å²) in [5, 5.41) is 2.75. The number of carbonyl (C=O) groups excluding carboxylic acids is 1. The molecule has 1 aromatic heterocycles. The fourth-order valence-corrected chi connectivity index (χ4v) is 6.70. The highest BCUT2D eigenvalue weighted by atomic mass is 32.3. The van der Waals surface area contributed by atoms with Crippen LogP contribution in [-0.2, 0) is 22.0 Å². The van der Waals surface area contributed by atoms with Gasteiger partial charge in [0, 0.05) is 36.8 Å². The SMILES string of the molecule is C.C=C.C=CC.CNN(C(=O)Cc1cccc2occc12)[C@H](CN1CCC(OS(C)(C)C(C)(C)C)C1)c1cccc(OCc2ccccc2)c1. The number of hydrogen-bond acceptors (Lipinski definition) is 6. The second-order valence-electron chi connectivity index (χ2n) is 13.3. The first-order valence-electron chi connectivity index (χ1n) is 16.9. The van der Waals surface area contributed by atoms with Crippen LogP contribution in [0.15, 0.2) is 115 Å². The van der Waals surface area contributed by atoms with Gasteiger partial charge in [0.05, 0.1) is 24.8 Å². The molecule has 7 nitrogen and oxygen atoms in total. The lowest BCUT2D eigenvalue weighted by Gasteiger charge is -2.45. The zero-order chi connectivity index (χ0) is 36.0. The maximum atomic E-state index is 14.0. The van der Waals surface area contributed by atoms with Gasteiger partial charge in [0.15, 0.2) is 0 Å². The summed E-state index contributed by atoms with van der Waals surface area (Å²) in [6.45, 7) is 21.0. The fourth-order valence-electron chi connectivity index (χ4n) is 5.57. The lowest BCUT2D eigenvalue weighted by molar-refractivity contribution is -0.136. The molecule has 8 heteroatoms. The predicted octanol–water partition coefficient (Wildman–Crippen LogP) is 9.76. The van der Waals surface area contributed by atoms with Gasteiger partial charge in [-0.15, -0.1) is 30.0 Å². The Hall–Kier alpha value is -3.82. The molecule has 2 heterocycles. The zero-order valence-electron chi connectivity index (χ0n) is 30.6. The van der Waals surface area contributed by atoms with E-state index in [1.807, 2.05) is 68.6 Å². The Morgan fingerprint density at radius 2 is 1.76 bits per heavy atom. The monoisotopic (exact) mass is 703 g/mol. The maximum Gasteiger partial charge on any atom is 0.241 e. The van der Waals surface area contributed by atoms with Crippen molar-refractivity contribution in [1.29, 1.82) is 0 Å². The highest BCUT2D eigenvalue weighted by molar-refractivity contribution is 8.29. The molecule has 2 atom stereocenters. The highest BCUT2D eigenvalue weighted by Gasteiger charge is 2.36. The first-order valence-corrected chi connectivity index (χ1v) is 19.2. The summed E-state index contributed by atoms with van der Waals surface area (Å²) >= 11 is 0. The number of rotatable bonds is 12. The van der Waals surface area contributed by atoms with Crippen molar-refractivity contribution in [3.63, 3.8) is 0 Å². The Labute approximate surface area is 303 Å². The third-order valence-corrected chi connectivity index (χ3v) is 12.5. The van der Waals surface area contributed by atoms with Crippen LogP contribution in [0.4, 0.5) is 0 Å². The summed E-state index contributed by atoms with van der Waals surface area (Å²) in [5.41, 5.74) is 7.11. The molecule has 0 radical (unpaired) electrons. The van der Waals surface area contributed by atoms with Gasteiger partial charge < -0.3 is 13.3 Å². The third kappa shape index (κ3) is 11.6. The van der Waals surface area contributed by atoms with Crippen molar-refractivity contribution in [1.82, 2.24) is 15.3 Å². The molecule has 4 aromatic rings. The number of hydrazine groups is 1. The van der Waals surface area contributed by atoms with Crippen LogP contribution < -0.4 is 10.2 Å². The van der Waals surface area contributed by atoms with E-state index in [2.05, 4.69) is 87.6 Å². The van der Waals surface area contributed by atoms with Crippen LogP contribution in [0.25, 0.3) is 11.0 Å². The Balaban J connectivity index is 0.00000137. The van der Waals surface area contributed by atoms with Gasteiger partial charge >= 0.3 is 0 Å². The number of furan rings is 1. The van der Waals surface area contributed by atoms with Crippen molar-refractivity contribution in [2.75, 3.05) is 39.2 Å². The van der Waals surface area contributed by atoms with Crippen LogP contribution in [-0.4, -0.2) is 65.9 Å². The number of amides is 1. The minimum Gasteiger partial charge on any atom is -0.489 e. The molecule has 3 aromatic carbocycles. The zero-order valence-corrected chi connectivity index (χ0v) is 31.4. The van der Waals surface area contributed by atoms with Crippen LogP contribution in [0.3, 0.4) is 0 Å². The second kappa shape index (κ2) is 20.1. The van der Waals surface area contributed by atoms with Crippen molar-refractivity contribution in [3.05, 3.63) is 128 Å². The number of nitrogens with zero attached hydrogens (tertiary/aromatic N) is 2. The van der Waals surface area contributed by atoms with Crippen molar-refractivity contribution < 1.29 is 18.1 Å². The Morgan fingerprint density at radius 1 is 1.08 bits per heavy atom. The first kappa shape index (κ1) is 42.3. The molecule has 5 rings (SSSR count). The molecule has 0 bridgehead atoms. The number of benzene rings is 3. The van der Waals surface area contributed by atoms with E-state index in [0.29, 0.717) is 13.2 Å². The summed E-state index contributed by atoms with van der Waals surface area (Å²) in [6, 6.07) is 25.9. The van der Waals surface area contributed by atoms with E-state index in [0.717, 1.165) is 52.9 Å². The minimum absolute atomic E-state index is 0. The molecule has 50 heavy (non-hydrogen) atoms. The largest absolute Gasteiger partial charge is 0.489 e. The molecule has 0 saturated carbocycles. The number of fused-ring (bicyclic) bond motifs is 1. The van der Waals surface area contributed by atoms with Gasteiger partial charge in [-0.25, -0.2) is 5.43 Å². The van der Waals surface area contributed by atoms with Gasteiger partial charge in [0.2, 0.25) is 5.91 Å². The molecule has 1 N–H and O–H groups in total. The van der Waals surface area contributed by atoms with Gasteiger partial charge in [0.25, 0.3) is 0 Å². The molecule has 1 saturated heterocycles.